The lowest BCUT2D eigenvalue weighted by Crippen LogP contribution is -2.22. The average Bonchev–Trinajstić information content (AvgIpc) is 2.93. The minimum atomic E-state index is 0.597. The van der Waals surface area contributed by atoms with Crippen molar-refractivity contribution in [2.75, 3.05) is 18.5 Å². The SMILES string of the molecule is CC1CC1CN(C)c1ccc(Br)cc1CN. The number of halogens is 1. The summed E-state index contributed by atoms with van der Waals surface area (Å²) in [6.45, 7) is 4.07. The molecule has 0 bridgehead atoms. The molecule has 1 aromatic rings. The van der Waals surface area contributed by atoms with Gasteiger partial charge < -0.3 is 10.6 Å². The summed E-state index contributed by atoms with van der Waals surface area (Å²) in [5, 5.41) is 0. The third-order valence-electron chi connectivity index (χ3n) is 3.46. The molecule has 3 heteroatoms. The van der Waals surface area contributed by atoms with Crippen molar-refractivity contribution in [3.63, 3.8) is 0 Å². The van der Waals surface area contributed by atoms with Gasteiger partial charge in [0.15, 0.2) is 0 Å². The lowest BCUT2D eigenvalue weighted by molar-refractivity contribution is 0.723. The molecule has 0 saturated heterocycles. The van der Waals surface area contributed by atoms with Crippen LogP contribution in [0.3, 0.4) is 0 Å². The standard InChI is InChI=1S/C13H19BrN2/c1-9-5-11(9)8-16(2)13-4-3-12(14)6-10(13)7-15/h3-4,6,9,11H,5,7-8,15H2,1-2H3. The molecule has 1 aromatic carbocycles. The van der Waals surface area contributed by atoms with Crippen molar-refractivity contribution in [2.45, 2.75) is 19.9 Å². The number of nitrogens with zero attached hydrogens (tertiary/aromatic N) is 1. The van der Waals surface area contributed by atoms with E-state index in [1.54, 1.807) is 0 Å². The molecular weight excluding hydrogens is 264 g/mol. The molecule has 1 aliphatic rings. The summed E-state index contributed by atoms with van der Waals surface area (Å²) in [4.78, 5) is 2.34. The maximum Gasteiger partial charge on any atom is 0.0410 e. The molecule has 0 heterocycles. The molecule has 2 unspecified atom stereocenters. The molecule has 1 aliphatic carbocycles. The number of hydrogen-bond acceptors (Lipinski definition) is 2. The van der Waals surface area contributed by atoms with Crippen molar-refractivity contribution in [1.29, 1.82) is 0 Å². The zero-order valence-corrected chi connectivity index (χ0v) is 11.5. The Labute approximate surface area is 106 Å². The second-order valence-corrected chi connectivity index (χ2v) is 5.75. The highest BCUT2D eigenvalue weighted by molar-refractivity contribution is 9.10. The topological polar surface area (TPSA) is 29.3 Å². The van der Waals surface area contributed by atoms with Crippen molar-refractivity contribution < 1.29 is 0 Å². The van der Waals surface area contributed by atoms with Crippen LogP contribution in [0.4, 0.5) is 5.69 Å². The highest BCUT2D eigenvalue weighted by atomic mass is 79.9. The molecule has 0 aromatic heterocycles. The van der Waals surface area contributed by atoms with Crippen molar-refractivity contribution in [3.8, 4) is 0 Å². The van der Waals surface area contributed by atoms with Gasteiger partial charge >= 0.3 is 0 Å². The summed E-state index contributed by atoms with van der Waals surface area (Å²) in [5.41, 5.74) is 8.27. The van der Waals surface area contributed by atoms with E-state index in [4.69, 9.17) is 5.73 Å². The van der Waals surface area contributed by atoms with Crippen molar-refractivity contribution in [3.05, 3.63) is 28.2 Å². The first-order valence-electron chi connectivity index (χ1n) is 5.81. The number of benzene rings is 1. The Morgan fingerprint density at radius 2 is 2.19 bits per heavy atom. The van der Waals surface area contributed by atoms with Crippen molar-refractivity contribution in [2.24, 2.45) is 17.6 Å². The minimum Gasteiger partial charge on any atom is -0.374 e. The maximum absolute atomic E-state index is 5.78. The third kappa shape index (κ3) is 2.58. The monoisotopic (exact) mass is 282 g/mol. The normalized spacial score (nSPS) is 23.2. The van der Waals surface area contributed by atoms with Crippen LogP contribution < -0.4 is 10.6 Å². The van der Waals surface area contributed by atoms with Crippen molar-refractivity contribution >= 4 is 21.6 Å². The highest BCUT2D eigenvalue weighted by Gasteiger charge is 2.33. The lowest BCUT2D eigenvalue weighted by Gasteiger charge is -2.22. The summed E-state index contributed by atoms with van der Waals surface area (Å²) in [5.74, 6) is 1.78. The zero-order chi connectivity index (χ0) is 11.7. The van der Waals surface area contributed by atoms with Crippen LogP contribution in [0.2, 0.25) is 0 Å². The van der Waals surface area contributed by atoms with Gasteiger partial charge in [-0.25, -0.2) is 0 Å². The number of nitrogens with two attached hydrogens (primary N) is 1. The molecule has 2 nitrogen and oxygen atoms in total. The molecule has 2 N–H and O–H groups in total. The quantitative estimate of drug-likeness (QED) is 0.920. The molecule has 1 fully saturated rings. The van der Waals surface area contributed by atoms with Gasteiger partial charge in [0.25, 0.3) is 0 Å². The van der Waals surface area contributed by atoms with E-state index >= 15 is 0 Å². The summed E-state index contributed by atoms with van der Waals surface area (Å²) in [6.07, 6.45) is 1.37. The number of hydrogen-bond donors (Lipinski definition) is 1. The zero-order valence-electron chi connectivity index (χ0n) is 9.91. The molecular formula is C13H19BrN2. The minimum absolute atomic E-state index is 0.597. The predicted molar refractivity (Wildman–Crippen MR) is 72.6 cm³/mol. The first kappa shape index (κ1) is 11.9. The van der Waals surface area contributed by atoms with Gasteiger partial charge in [0.2, 0.25) is 0 Å². The van der Waals surface area contributed by atoms with Crippen LogP contribution in [0.5, 0.6) is 0 Å². The van der Waals surface area contributed by atoms with Gasteiger partial charge in [-0.05, 0) is 42.0 Å². The molecule has 16 heavy (non-hydrogen) atoms. The Morgan fingerprint density at radius 3 is 2.75 bits per heavy atom. The van der Waals surface area contributed by atoms with E-state index in [-0.39, 0.29) is 0 Å². The van der Waals surface area contributed by atoms with Gasteiger partial charge in [-0.3, -0.25) is 0 Å². The van der Waals surface area contributed by atoms with Gasteiger partial charge in [-0.1, -0.05) is 22.9 Å². The molecule has 88 valence electrons. The van der Waals surface area contributed by atoms with Gasteiger partial charge in [0.1, 0.15) is 0 Å². The molecule has 0 radical (unpaired) electrons. The average molecular weight is 283 g/mol. The second kappa shape index (κ2) is 4.76. The Hall–Kier alpha value is -0.540. The lowest BCUT2D eigenvalue weighted by atomic mass is 10.1. The van der Waals surface area contributed by atoms with Crippen molar-refractivity contribution in [1.82, 2.24) is 0 Å². The van der Waals surface area contributed by atoms with Crippen LogP contribution in [0.25, 0.3) is 0 Å². The fourth-order valence-electron chi connectivity index (χ4n) is 2.19. The molecule has 0 amide bonds. The van der Waals surface area contributed by atoms with Crippen LogP contribution in [-0.2, 0) is 6.54 Å². The van der Waals surface area contributed by atoms with E-state index < -0.39 is 0 Å². The fourth-order valence-corrected chi connectivity index (χ4v) is 2.60. The fraction of sp³-hybridized carbons (Fsp3) is 0.538. The molecule has 0 aliphatic heterocycles. The summed E-state index contributed by atoms with van der Waals surface area (Å²) in [6, 6.07) is 6.35. The van der Waals surface area contributed by atoms with E-state index in [0.29, 0.717) is 6.54 Å². The van der Waals surface area contributed by atoms with Gasteiger partial charge in [0.05, 0.1) is 0 Å². The first-order valence-corrected chi connectivity index (χ1v) is 6.60. The van der Waals surface area contributed by atoms with Crippen LogP contribution >= 0.6 is 15.9 Å². The van der Waals surface area contributed by atoms with E-state index in [9.17, 15) is 0 Å². The number of rotatable bonds is 4. The molecule has 2 rings (SSSR count). The van der Waals surface area contributed by atoms with Crippen LogP contribution in [0.1, 0.15) is 18.9 Å². The van der Waals surface area contributed by atoms with E-state index in [1.807, 2.05) is 0 Å². The Kier molecular flexibility index (Phi) is 3.55. The summed E-state index contributed by atoms with van der Waals surface area (Å²) in [7, 11) is 2.16. The largest absolute Gasteiger partial charge is 0.374 e. The Morgan fingerprint density at radius 1 is 1.50 bits per heavy atom. The smallest absolute Gasteiger partial charge is 0.0410 e. The van der Waals surface area contributed by atoms with Gasteiger partial charge in [-0.2, -0.15) is 0 Å². The summed E-state index contributed by atoms with van der Waals surface area (Å²) < 4.78 is 1.10. The molecule has 2 atom stereocenters. The van der Waals surface area contributed by atoms with Gasteiger partial charge in [-0.15, -0.1) is 0 Å². The second-order valence-electron chi connectivity index (χ2n) is 4.83. The summed E-state index contributed by atoms with van der Waals surface area (Å²) >= 11 is 3.48. The predicted octanol–water partition coefficient (Wildman–Crippen LogP) is 3.00. The van der Waals surface area contributed by atoms with Crippen LogP contribution in [0, 0.1) is 11.8 Å². The highest BCUT2D eigenvalue weighted by Crippen LogP contribution is 2.39. The maximum atomic E-state index is 5.78. The van der Waals surface area contributed by atoms with Crippen LogP contribution in [0.15, 0.2) is 22.7 Å². The molecule has 0 spiro atoms. The van der Waals surface area contributed by atoms with E-state index in [0.717, 1.165) is 22.9 Å². The van der Waals surface area contributed by atoms with Crippen LogP contribution in [-0.4, -0.2) is 13.6 Å². The Bertz CT molecular complexity index is 378. The number of anilines is 1. The first-order chi connectivity index (χ1) is 7.61. The van der Waals surface area contributed by atoms with E-state index in [2.05, 4.69) is 53.0 Å². The van der Waals surface area contributed by atoms with Gasteiger partial charge in [0, 0.05) is 30.3 Å². The van der Waals surface area contributed by atoms with E-state index in [1.165, 1.54) is 17.7 Å². The third-order valence-corrected chi connectivity index (χ3v) is 3.95. The Balaban J connectivity index is 2.12. The molecule has 1 saturated carbocycles.